The van der Waals surface area contributed by atoms with Crippen LogP contribution in [0.2, 0.25) is 0 Å². The normalized spacial score (nSPS) is 12.7. The Morgan fingerprint density at radius 3 is 2.56 bits per heavy atom. The highest BCUT2D eigenvalue weighted by Gasteiger charge is 2.14. The first kappa shape index (κ1) is 13.3. The Bertz CT molecular complexity index is 519. The third-order valence-corrected chi connectivity index (χ3v) is 3.54. The summed E-state index contributed by atoms with van der Waals surface area (Å²) >= 11 is 3.40. The molecule has 0 aliphatic carbocycles. The average Bonchev–Trinajstić information content (AvgIpc) is 2.73. The lowest BCUT2D eigenvalue weighted by Crippen LogP contribution is -2.07. The van der Waals surface area contributed by atoms with Gasteiger partial charge in [-0.2, -0.15) is 5.10 Å². The molecule has 0 saturated heterocycles. The van der Waals surface area contributed by atoms with Crippen LogP contribution < -0.4 is 0 Å². The Labute approximate surface area is 116 Å². The van der Waals surface area contributed by atoms with Crippen molar-refractivity contribution < 1.29 is 5.11 Å². The summed E-state index contributed by atoms with van der Waals surface area (Å²) in [4.78, 5) is 0. The first-order valence-corrected chi connectivity index (χ1v) is 6.84. The zero-order chi connectivity index (χ0) is 13.1. The molecule has 0 saturated carbocycles. The molecule has 0 amide bonds. The van der Waals surface area contributed by atoms with E-state index in [1.165, 1.54) is 0 Å². The number of rotatable bonds is 4. The molecule has 0 fully saturated rings. The van der Waals surface area contributed by atoms with Gasteiger partial charge in [0.15, 0.2) is 0 Å². The smallest absolute Gasteiger partial charge is 0.0996 e. The van der Waals surface area contributed by atoms with E-state index < -0.39 is 6.10 Å². The van der Waals surface area contributed by atoms with Gasteiger partial charge in [-0.05, 0) is 30.2 Å². The summed E-state index contributed by atoms with van der Waals surface area (Å²) in [5.41, 5.74) is 3.00. The van der Waals surface area contributed by atoms with Crippen LogP contribution in [0, 0.1) is 0 Å². The van der Waals surface area contributed by atoms with Crippen molar-refractivity contribution in [2.24, 2.45) is 7.05 Å². The van der Waals surface area contributed by atoms with Gasteiger partial charge in [0.25, 0.3) is 0 Å². The van der Waals surface area contributed by atoms with Crippen LogP contribution in [0.25, 0.3) is 0 Å². The SMILES string of the molecule is CCc1cc(C(O)Cc2ccc(Br)cc2)n(C)n1. The minimum atomic E-state index is -0.510. The van der Waals surface area contributed by atoms with Crippen LogP contribution in [-0.4, -0.2) is 14.9 Å². The van der Waals surface area contributed by atoms with E-state index in [1.54, 1.807) is 4.68 Å². The van der Waals surface area contributed by atoms with Crippen molar-refractivity contribution in [3.63, 3.8) is 0 Å². The number of halogens is 1. The van der Waals surface area contributed by atoms with Gasteiger partial charge < -0.3 is 5.11 Å². The Balaban J connectivity index is 2.13. The number of hydrogen-bond donors (Lipinski definition) is 1. The molecule has 1 aromatic carbocycles. The Morgan fingerprint density at radius 1 is 1.33 bits per heavy atom. The van der Waals surface area contributed by atoms with E-state index in [2.05, 4.69) is 28.0 Å². The zero-order valence-corrected chi connectivity index (χ0v) is 12.2. The van der Waals surface area contributed by atoms with Crippen molar-refractivity contribution in [1.82, 2.24) is 9.78 Å². The van der Waals surface area contributed by atoms with E-state index in [-0.39, 0.29) is 0 Å². The summed E-state index contributed by atoms with van der Waals surface area (Å²) < 4.78 is 2.82. The Kier molecular flexibility index (Phi) is 4.19. The van der Waals surface area contributed by atoms with Gasteiger partial charge in [-0.3, -0.25) is 4.68 Å². The summed E-state index contributed by atoms with van der Waals surface area (Å²) in [6.45, 7) is 2.06. The predicted molar refractivity (Wildman–Crippen MR) is 75.4 cm³/mol. The largest absolute Gasteiger partial charge is 0.386 e. The minimum Gasteiger partial charge on any atom is -0.386 e. The number of hydrogen-bond acceptors (Lipinski definition) is 2. The van der Waals surface area contributed by atoms with Crippen LogP contribution in [0.4, 0.5) is 0 Å². The van der Waals surface area contributed by atoms with Crippen molar-refractivity contribution in [2.45, 2.75) is 25.9 Å². The molecule has 0 bridgehead atoms. The van der Waals surface area contributed by atoms with E-state index in [0.717, 1.165) is 27.8 Å². The maximum atomic E-state index is 10.3. The summed E-state index contributed by atoms with van der Waals surface area (Å²) in [7, 11) is 1.87. The van der Waals surface area contributed by atoms with E-state index in [0.29, 0.717) is 6.42 Å². The molecule has 96 valence electrons. The van der Waals surface area contributed by atoms with Crippen LogP contribution in [0.1, 0.15) is 30.0 Å². The van der Waals surface area contributed by atoms with Crippen molar-refractivity contribution in [3.05, 3.63) is 51.8 Å². The van der Waals surface area contributed by atoms with Gasteiger partial charge in [0.2, 0.25) is 0 Å². The number of aromatic nitrogens is 2. The van der Waals surface area contributed by atoms with Gasteiger partial charge in [-0.15, -0.1) is 0 Å². The second-order valence-electron chi connectivity index (χ2n) is 4.38. The fraction of sp³-hybridized carbons (Fsp3) is 0.357. The van der Waals surface area contributed by atoms with Crippen LogP contribution >= 0.6 is 15.9 Å². The predicted octanol–water partition coefficient (Wildman–Crippen LogP) is 3.02. The van der Waals surface area contributed by atoms with Gasteiger partial charge in [-0.1, -0.05) is 35.0 Å². The molecule has 1 aromatic heterocycles. The van der Waals surface area contributed by atoms with Crippen molar-refractivity contribution in [2.75, 3.05) is 0 Å². The molecule has 0 aliphatic rings. The summed E-state index contributed by atoms with van der Waals surface area (Å²) in [5, 5.41) is 14.6. The number of benzene rings is 1. The highest BCUT2D eigenvalue weighted by Crippen LogP contribution is 2.20. The Hall–Kier alpha value is -1.13. The number of aliphatic hydroxyl groups is 1. The van der Waals surface area contributed by atoms with E-state index >= 15 is 0 Å². The molecular formula is C14H17BrN2O. The molecule has 2 rings (SSSR count). The zero-order valence-electron chi connectivity index (χ0n) is 10.6. The summed E-state index contributed by atoms with van der Waals surface area (Å²) in [6.07, 6.45) is 0.985. The lowest BCUT2D eigenvalue weighted by molar-refractivity contribution is 0.168. The monoisotopic (exact) mass is 308 g/mol. The molecule has 0 radical (unpaired) electrons. The van der Waals surface area contributed by atoms with Crippen molar-refractivity contribution in [3.8, 4) is 0 Å². The standard InChI is InChI=1S/C14H17BrN2O/c1-3-12-9-13(17(2)16-12)14(18)8-10-4-6-11(15)7-5-10/h4-7,9,14,18H,3,8H2,1-2H3. The first-order chi connectivity index (χ1) is 8.60. The highest BCUT2D eigenvalue weighted by molar-refractivity contribution is 9.10. The van der Waals surface area contributed by atoms with Gasteiger partial charge in [0, 0.05) is 17.9 Å². The quantitative estimate of drug-likeness (QED) is 0.943. The highest BCUT2D eigenvalue weighted by atomic mass is 79.9. The molecule has 4 heteroatoms. The molecular weight excluding hydrogens is 292 g/mol. The third-order valence-electron chi connectivity index (χ3n) is 3.01. The minimum absolute atomic E-state index is 0.510. The van der Waals surface area contributed by atoms with Crippen LogP contribution in [0.15, 0.2) is 34.8 Å². The van der Waals surface area contributed by atoms with Gasteiger partial charge >= 0.3 is 0 Å². The molecule has 1 heterocycles. The lowest BCUT2D eigenvalue weighted by Gasteiger charge is -2.11. The van der Waals surface area contributed by atoms with Crippen molar-refractivity contribution >= 4 is 15.9 Å². The molecule has 3 nitrogen and oxygen atoms in total. The van der Waals surface area contributed by atoms with Gasteiger partial charge in [0.1, 0.15) is 0 Å². The second-order valence-corrected chi connectivity index (χ2v) is 5.30. The molecule has 2 aromatic rings. The summed E-state index contributed by atoms with van der Waals surface area (Å²) in [6, 6.07) is 9.99. The number of aryl methyl sites for hydroxylation is 2. The maximum Gasteiger partial charge on any atom is 0.0996 e. The van der Waals surface area contributed by atoms with Gasteiger partial charge in [0.05, 0.1) is 17.5 Å². The van der Waals surface area contributed by atoms with Crippen LogP contribution in [-0.2, 0) is 19.9 Å². The molecule has 18 heavy (non-hydrogen) atoms. The first-order valence-electron chi connectivity index (χ1n) is 6.05. The van der Waals surface area contributed by atoms with E-state index in [9.17, 15) is 5.11 Å². The molecule has 1 unspecified atom stereocenters. The average molecular weight is 309 g/mol. The third kappa shape index (κ3) is 3.00. The summed E-state index contributed by atoms with van der Waals surface area (Å²) in [5.74, 6) is 0. The number of aliphatic hydroxyl groups excluding tert-OH is 1. The lowest BCUT2D eigenvalue weighted by atomic mass is 10.1. The maximum absolute atomic E-state index is 10.3. The van der Waals surface area contributed by atoms with E-state index in [1.807, 2.05) is 37.4 Å². The van der Waals surface area contributed by atoms with E-state index in [4.69, 9.17) is 0 Å². The fourth-order valence-electron chi connectivity index (χ4n) is 1.98. The molecule has 1 atom stereocenters. The molecule has 0 spiro atoms. The Morgan fingerprint density at radius 2 is 2.00 bits per heavy atom. The van der Waals surface area contributed by atoms with Crippen LogP contribution in [0.5, 0.6) is 0 Å². The number of nitrogens with zero attached hydrogens (tertiary/aromatic N) is 2. The molecule has 0 aliphatic heterocycles. The topological polar surface area (TPSA) is 38.0 Å². The second kappa shape index (κ2) is 5.67. The molecule has 1 N–H and O–H groups in total. The van der Waals surface area contributed by atoms with Crippen molar-refractivity contribution in [1.29, 1.82) is 0 Å². The van der Waals surface area contributed by atoms with Gasteiger partial charge in [-0.25, -0.2) is 0 Å². The van der Waals surface area contributed by atoms with Crippen LogP contribution in [0.3, 0.4) is 0 Å². The fourth-order valence-corrected chi connectivity index (χ4v) is 2.24.